The van der Waals surface area contributed by atoms with Crippen LogP contribution in [0.1, 0.15) is 31.7 Å². The van der Waals surface area contributed by atoms with Crippen LogP contribution in [-0.2, 0) is 11.2 Å². The second kappa shape index (κ2) is 8.11. The van der Waals surface area contributed by atoms with Crippen LogP contribution in [0.25, 0.3) is 0 Å². The highest BCUT2D eigenvalue weighted by Crippen LogP contribution is 2.15. The fourth-order valence-corrected chi connectivity index (χ4v) is 2.00. The SMILES string of the molecule is CCCCC(CN)NC(=O)Cc1ccccc1Cl. The van der Waals surface area contributed by atoms with Crippen LogP contribution in [0.5, 0.6) is 0 Å². The third kappa shape index (κ3) is 5.07. The normalized spacial score (nSPS) is 12.2. The molecular weight excluding hydrogens is 248 g/mol. The summed E-state index contributed by atoms with van der Waals surface area (Å²) in [6.45, 7) is 2.60. The van der Waals surface area contributed by atoms with Crippen LogP contribution in [0.4, 0.5) is 0 Å². The molecule has 0 spiro atoms. The molecule has 3 nitrogen and oxygen atoms in total. The predicted molar refractivity (Wildman–Crippen MR) is 75.7 cm³/mol. The molecule has 100 valence electrons. The topological polar surface area (TPSA) is 55.1 Å². The monoisotopic (exact) mass is 268 g/mol. The smallest absolute Gasteiger partial charge is 0.224 e. The summed E-state index contributed by atoms with van der Waals surface area (Å²) in [6.07, 6.45) is 3.43. The van der Waals surface area contributed by atoms with E-state index in [9.17, 15) is 4.79 Å². The highest BCUT2D eigenvalue weighted by Gasteiger charge is 2.11. The molecule has 1 amide bonds. The van der Waals surface area contributed by atoms with E-state index < -0.39 is 0 Å². The van der Waals surface area contributed by atoms with Gasteiger partial charge < -0.3 is 11.1 Å². The first-order valence-electron chi connectivity index (χ1n) is 6.40. The van der Waals surface area contributed by atoms with E-state index in [1.54, 1.807) is 6.07 Å². The maximum Gasteiger partial charge on any atom is 0.224 e. The molecule has 1 atom stereocenters. The number of unbranched alkanes of at least 4 members (excludes halogenated alkanes) is 1. The molecule has 1 aromatic rings. The van der Waals surface area contributed by atoms with Crippen LogP contribution in [-0.4, -0.2) is 18.5 Å². The molecule has 0 bridgehead atoms. The van der Waals surface area contributed by atoms with E-state index in [1.807, 2.05) is 18.2 Å². The van der Waals surface area contributed by atoms with E-state index in [2.05, 4.69) is 12.2 Å². The fourth-order valence-electron chi connectivity index (χ4n) is 1.79. The second-order valence-electron chi connectivity index (χ2n) is 4.41. The van der Waals surface area contributed by atoms with Gasteiger partial charge in [0.1, 0.15) is 0 Å². The van der Waals surface area contributed by atoms with Gasteiger partial charge in [0.2, 0.25) is 5.91 Å². The predicted octanol–water partition coefficient (Wildman–Crippen LogP) is 2.52. The molecule has 0 radical (unpaired) electrons. The fraction of sp³-hybridized carbons (Fsp3) is 0.500. The Labute approximate surface area is 114 Å². The molecule has 0 aliphatic carbocycles. The molecule has 3 N–H and O–H groups in total. The molecule has 0 aliphatic heterocycles. The number of hydrogen-bond donors (Lipinski definition) is 2. The van der Waals surface area contributed by atoms with Gasteiger partial charge in [-0.3, -0.25) is 4.79 Å². The molecule has 1 rings (SSSR count). The average Bonchev–Trinajstić information content (AvgIpc) is 2.37. The lowest BCUT2D eigenvalue weighted by Gasteiger charge is -2.16. The first-order chi connectivity index (χ1) is 8.67. The molecule has 0 saturated carbocycles. The van der Waals surface area contributed by atoms with Gasteiger partial charge >= 0.3 is 0 Å². The van der Waals surface area contributed by atoms with E-state index in [1.165, 1.54) is 0 Å². The maximum absolute atomic E-state index is 11.9. The quantitative estimate of drug-likeness (QED) is 0.798. The van der Waals surface area contributed by atoms with Gasteiger partial charge in [-0.15, -0.1) is 0 Å². The van der Waals surface area contributed by atoms with Crippen molar-refractivity contribution in [1.82, 2.24) is 5.32 Å². The number of hydrogen-bond acceptors (Lipinski definition) is 2. The Morgan fingerprint density at radius 1 is 1.44 bits per heavy atom. The van der Waals surface area contributed by atoms with Crippen LogP contribution < -0.4 is 11.1 Å². The van der Waals surface area contributed by atoms with Gasteiger partial charge in [-0.05, 0) is 18.1 Å². The van der Waals surface area contributed by atoms with Crippen molar-refractivity contribution in [3.05, 3.63) is 34.9 Å². The Morgan fingerprint density at radius 2 is 2.17 bits per heavy atom. The molecule has 1 unspecified atom stereocenters. The Bertz CT molecular complexity index is 382. The number of benzene rings is 1. The third-order valence-corrected chi connectivity index (χ3v) is 3.23. The van der Waals surface area contributed by atoms with Gasteiger partial charge in [-0.25, -0.2) is 0 Å². The largest absolute Gasteiger partial charge is 0.352 e. The van der Waals surface area contributed by atoms with E-state index in [4.69, 9.17) is 17.3 Å². The molecule has 0 saturated heterocycles. The number of carbonyl (C=O) groups is 1. The number of amides is 1. The van der Waals surface area contributed by atoms with Gasteiger partial charge in [0, 0.05) is 17.6 Å². The van der Waals surface area contributed by atoms with Crippen molar-refractivity contribution in [2.24, 2.45) is 5.73 Å². The highest BCUT2D eigenvalue weighted by molar-refractivity contribution is 6.31. The Balaban J connectivity index is 2.48. The van der Waals surface area contributed by atoms with E-state index in [0.29, 0.717) is 18.0 Å². The highest BCUT2D eigenvalue weighted by atomic mass is 35.5. The summed E-state index contributed by atoms with van der Waals surface area (Å²) in [4.78, 5) is 11.9. The van der Waals surface area contributed by atoms with Gasteiger partial charge in [0.15, 0.2) is 0 Å². The van der Waals surface area contributed by atoms with Crippen molar-refractivity contribution in [3.63, 3.8) is 0 Å². The zero-order valence-corrected chi connectivity index (χ0v) is 11.5. The Morgan fingerprint density at radius 3 is 2.78 bits per heavy atom. The molecular formula is C14H21ClN2O. The number of nitrogens with two attached hydrogens (primary N) is 1. The number of nitrogens with one attached hydrogen (secondary N) is 1. The van der Waals surface area contributed by atoms with Crippen molar-refractivity contribution in [1.29, 1.82) is 0 Å². The Hall–Kier alpha value is -1.06. The van der Waals surface area contributed by atoms with Gasteiger partial charge in [-0.1, -0.05) is 49.6 Å². The molecule has 1 aromatic carbocycles. The van der Waals surface area contributed by atoms with Crippen molar-refractivity contribution >= 4 is 17.5 Å². The number of halogens is 1. The average molecular weight is 269 g/mol. The zero-order chi connectivity index (χ0) is 13.4. The standard InChI is InChI=1S/C14H21ClN2O/c1-2-3-7-12(10-16)17-14(18)9-11-6-4-5-8-13(11)15/h4-6,8,12H,2-3,7,9-10,16H2,1H3,(H,17,18). The summed E-state index contributed by atoms with van der Waals surface area (Å²) in [7, 11) is 0. The van der Waals surface area contributed by atoms with Crippen LogP contribution in [0, 0.1) is 0 Å². The Kier molecular flexibility index (Phi) is 6.76. The summed E-state index contributed by atoms with van der Waals surface area (Å²) in [5.74, 6) is -0.0188. The summed E-state index contributed by atoms with van der Waals surface area (Å²) >= 11 is 6.02. The van der Waals surface area contributed by atoms with Gasteiger partial charge in [-0.2, -0.15) is 0 Å². The molecule has 0 heterocycles. The van der Waals surface area contributed by atoms with Gasteiger partial charge in [0.25, 0.3) is 0 Å². The molecule has 18 heavy (non-hydrogen) atoms. The van der Waals surface area contributed by atoms with Crippen LogP contribution >= 0.6 is 11.6 Å². The molecule has 4 heteroatoms. The lowest BCUT2D eigenvalue weighted by Crippen LogP contribution is -2.40. The summed E-state index contributed by atoms with van der Waals surface area (Å²) < 4.78 is 0. The third-order valence-electron chi connectivity index (χ3n) is 2.86. The minimum absolute atomic E-state index is 0.0188. The first-order valence-corrected chi connectivity index (χ1v) is 6.78. The molecule has 0 aromatic heterocycles. The van der Waals surface area contributed by atoms with Crippen molar-refractivity contribution in [2.45, 2.75) is 38.6 Å². The minimum Gasteiger partial charge on any atom is -0.352 e. The van der Waals surface area contributed by atoms with Crippen LogP contribution in [0.2, 0.25) is 5.02 Å². The van der Waals surface area contributed by atoms with E-state index in [0.717, 1.165) is 24.8 Å². The van der Waals surface area contributed by atoms with E-state index >= 15 is 0 Å². The van der Waals surface area contributed by atoms with Gasteiger partial charge in [0.05, 0.1) is 6.42 Å². The van der Waals surface area contributed by atoms with Crippen LogP contribution in [0.3, 0.4) is 0 Å². The minimum atomic E-state index is -0.0188. The van der Waals surface area contributed by atoms with E-state index in [-0.39, 0.29) is 11.9 Å². The summed E-state index contributed by atoms with van der Waals surface area (Å²) in [5, 5.41) is 3.58. The molecule has 0 fully saturated rings. The maximum atomic E-state index is 11.9. The zero-order valence-electron chi connectivity index (χ0n) is 10.8. The summed E-state index contributed by atoms with van der Waals surface area (Å²) in [6, 6.07) is 7.46. The van der Waals surface area contributed by atoms with Crippen molar-refractivity contribution in [2.75, 3.05) is 6.54 Å². The van der Waals surface area contributed by atoms with Crippen molar-refractivity contribution < 1.29 is 4.79 Å². The first kappa shape index (κ1) is 15.0. The van der Waals surface area contributed by atoms with Crippen LogP contribution in [0.15, 0.2) is 24.3 Å². The molecule has 0 aliphatic rings. The summed E-state index contributed by atoms with van der Waals surface area (Å²) in [5.41, 5.74) is 6.49. The lowest BCUT2D eigenvalue weighted by molar-refractivity contribution is -0.121. The van der Waals surface area contributed by atoms with Crippen molar-refractivity contribution in [3.8, 4) is 0 Å². The lowest BCUT2D eigenvalue weighted by atomic mass is 10.1. The number of carbonyl (C=O) groups excluding carboxylic acids is 1. The number of rotatable bonds is 7. The second-order valence-corrected chi connectivity index (χ2v) is 4.82.